The van der Waals surface area contributed by atoms with E-state index in [-0.39, 0.29) is 17.2 Å². The van der Waals surface area contributed by atoms with Crippen LogP contribution in [0.2, 0.25) is 0 Å². The molecule has 0 spiro atoms. The molecule has 1 saturated carbocycles. The highest BCUT2D eigenvalue weighted by atomic mass is 19.4. The summed E-state index contributed by atoms with van der Waals surface area (Å²) in [4.78, 5) is 13.0. The maximum atomic E-state index is 13.0. The van der Waals surface area contributed by atoms with Crippen LogP contribution in [0.4, 0.5) is 13.2 Å². The zero-order chi connectivity index (χ0) is 23.1. The minimum atomic E-state index is -4.39. The lowest BCUT2D eigenvalue weighted by molar-refractivity contribution is -0.137. The van der Waals surface area contributed by atoms with Crippen molar-refractivity contribution in [3.8, 4) is 5.75 Å². The maximum absolute atomic E-state index is 13.0. The van der Waals surface area contributed by atoms with Gasteiger partial charge in [0, 0.05) is 18.4 Å². The topological polar surface area (TPSA) is 59.7 Å². The number of ether oxygens (including phenoxy) is 1. The predicted octanol–water partition coefficient (Wildman–Crippen LogP) is 6.42. The van der Waals surface area contributed by atoms with E-state index in [0.717, 1.165) is 30.7 Å². The molecule has 2 unspecified atom stereocenters. The Hall–Kier alpha value is -2.70. The second-order valence-electron chi connectivity index (χ2n) is 8.96. The minimum Gasteiger partial charge on any atom is -0.507 e. The minimum absolute atomic E-state index is 0.147. The lowest BCUT2D eigenvalue weighted by atomic mass is 9.85. The molecule has 32 heavy (non-hydrogen) atoms. The molecule has 0 saturated heterocycles. The molecule has 172 valence electrons. The van der Waals surface area contributed by atoms with Crippen molar-refractivity contribution in [2.45, 2.75) is 70.1 Å². The molecule has 2 heterocycles. The van der Waals surface area contributed by atoms with E-state index in [2.05, 4.69) is 0 Å². The number of benzene rings is 1. The Morgan fingerprint density at radius 3 is 2.41 bits per heavy atom. The van der Waals surface area contributed by atoms with Crippen molar-refractivity contribution < 1.29 is 27.4 Å². The highest BCUT2D eigenvalue weighted by Crippen LogP contribution is 2.49. The fourth-order valence-corrected chi connectivity index (χ4v) is 4.55. The Labute approximate surface area is 184 Å². The van der Waals surface area contributed by atoms with Gasteiger partial charge in [0.15, 0.2) is 0 Å². The quantitative estimate of drug-likeness (QED) is 0.531. The van der Waals surface area contributed by atoms with Gasteiger partial charge in [0.1, 0.15) is 22.7 Å². The zero-order valence-corrected chi connectivity index (χ0v) is 18.2. The Balaban J connectivity index is 1.60. The van der Waals surface area contributed by atoms with E-state index in [4.69, 9.17) is 9.15 Å². The van der Waals surface area contributed by atoms with Crippen molar-refractivity contribution in [3.63, 3.8) is 0 Å². The van der Waals surface area contributed by atoms with Gasteiger partial charge in [-0.3, -0.25) is 0 Å². The van der Waals surface area contributed by atoms with Gasteiger partial charge in [-0.25, -0.2) is 4.79 Å². The van der Waals surface area contributed by atoms with Gasteiger partial charge in [-0.2, -0.15) is 13.2 Å². The molecule has 4 nitrogen and oxygen atoms in total. The molecular formula is C25H27F3O4. The van der Waals surface area contributed by atoms with E-state index in [0.29, 0.717) is 42.9 Å². The van der Waals surface area contributed by atoms with Crippen LogP contribution in [0.5, 0.6) is 5.75 Å². The smallest absolute Gasteiger partial charge is 0.416 e. The maximum Gasteiger partial charge on any atom is 0.416 e. The third kappa shape index (κ3) is 4.57. The zero-order valence-electron chi connectivity index (χ0n) is 18.2. The molecule has 2 aromatic rings. The van der Waals surface area contributed by atoms with Crippen LogP contribution in [0.25, 0.3) is 0 Å². The van der Waals surface area contributed by atoms with Crippen LogP contribution >= 0.6 is 0 Å². The number of halogens is 3. The molecule has 1 aromatic carbocycles. The van der Waals surface area contributed by atoms with Crippen molar-refractivity contribution in [3.05, 3.63) is 75.0 Å². The molecule has 7 heteroatoms. The first-order valence-electron chi connectivity index (χ1n) is 11.0. The lowest BCUT2D eigenvalue weighted by Gasteiger charge is -2.30. The molecule has 0 radical (unpaired) electrons. The van der Waals surface area contributed by atoms with Crippen molar-refractivity contribution in [2.75, 3.05) is 0 Å². The van der Waals surface area contributed by atoms with Crippen molar-refractivity contribution in [1.29, 1.82) is 0 Å². The Bertz CT molecular complexity index is 1060. The molecule has 2 atom stereocenters. The molecule has 1 aliphatic heterocycles. The summed E-state index contributed by atoms with van der Waals surface area (Å²) in [5.41, 5.74) is -1.37. The summed E-state index contributed by atoms with van der Waals surface area (Å²) in [5.74, 6) is 1.11. The van der Waals surface area contributed by atoms with Gasteiger partial charge in [0.05, 0.1) is 11.3 Å². The standard InChI is InChI=1S/C25H27F3O4/c1-3-18(12-16-6-8-19(9-7-16)25(26,27)28)21-13-20(29)22(23(30)31-21)24(14-17-4-5-17)11-10-15(2)32-24/h6-10,13,17-18,29H,3-5,11-12,14H2,1-2H3. The molecule has 1 aromatic heterocycles. The number of aromatic hydroxyl groups is 1. The van der Waals surface area contributed by atoms with E-state index < -0.39 is 23.0 Å². The Morgan fingerprint density at radius 1 is 1.22 bits per heavy atom. The van der Waals surface area contributed by atoms with Gasteiger partial charge in [-0.1, -0.05) is 31.9 Å². The highest BCUT2D eigenvalue weighted by molar-refractivity contribution is 5.39. The SMILES string of the molecule is CCC(Cc1ccc(C(F)(F)F)cc1)c1cc(O)c(C2(CC3CC3)CC=C(C)O2)c(=O)o1. The highest BCUT2D eigenvalue weighted by Gasteiger charge is 2.46. The van der Waals surface area contributed by atoms with Gasteiger partial charge in [0.2, 0.25) is 0 Å². The lowest BCUT2D eigenvalue weighted by Crippen LogP contribution is -2.32. The van der Waals surface area contributed by atoms with Crippen molar-refractivity contribution in [2.24, 2.45) is 5.92 Å². The van der Waals surface area contributed by atoms with E-state index in [9.17, 15) is 23.1 Å². The summed E-state index contributed by atoms with van der Waals surface area (Å²) in [6.07, 6.45) is 1.85. The number of hydrogen-bond acceptors (Lipinski definition) is 4. The molecule has 1 aliphatic carbocycles. The van der Waals surface area contributed by atoms with Crippen LogP contribution < -0.4 is 5.63 Å². The number of rotatable bonds is 7. The van der Waals surface area contributed by atoms with Gasteiger partial charge >= 0.3 is 11.8 Å². The summed E-state index contributed by atoms with van der Waals surface area (Å²) in [6.45, 7) is 3.74. The summed E-state index contributed by atoms with van der Waals surface area (Å²) in [5, 5.41) is 10.9. The van der Waals surface area contributed by atoms with Gasteiger partial charge in [0.25, 0.3) is 0 Å². The van der Waals surface area contributed by atoms with Gasteiger partial charge in [-0.15, -0.1) is 0 Å². The molecule has 1 N–H and O–H groups in total. The molecule has 1 fully saturated rings. The average Bonchev–Trinajstić information content (AvgIpc) is 3.45. The van der Waals surface area contributed by atoms with Crippen molar-refractivity contribution in [1.82, 2.24) is 0 Å². The molecule has 2 aliphatic rings. The number of allylic oxidation sites excluding steroid dienone is 1. The molecule has 0 amide bonds. The van der Waals surface area contributed by atoms with E-state index in [1.165, 1.54) is 18.2 Å². The fourth-order valence-electron chi connectivity index (χ4n) is 4.55. The molecule has 4 rings (SSSR count). The van der Waals surface area contributed by atoms with Gasteiger partial charge in [-0.05, 0) is 55.9 Å². The van der Waals surface area contributed by atoms with Crippen LogP contribution in [0.15, 0.2) is 51.4 Å². The summed E-state index contributed by atoms with van der Waals surface area (Å²) < 4.78 is 50.2. The van der Waals surface area contributed by atoms with Gasteiger partial charge < -0.3 is 14.3 Å². The van der Waals surface area contributed by atoms with Crippen LogP contribution in [0, 0.1) is 5.92 Å². The fraction of sp³-hybridized carbons (Fsp3) is 0.480. The first kappa shape index (κ1) is 22.5. The summed E-state index contributed by atoms with van der Waals surface area (Å²) in [6, 6.07) is 6.44. The monoisotopic (exact) mass is 448 g/mol. The van der Waals surface area contributed by atoms with E-state index in [1.54, 1.807) is 0 Å². The summed E-state index contributed by atoms with van der Waals surface area (Å²) in [7, 11) is 0. The second-order valence-corrected chi connectivity index (χ2v) is 8.96. The van der Waals surface area contributed by atoms with Crippen LogP contribution in [0.3, 0.4) is 0 Å². The Kier molecular flexibility index (Phi) is 5.86. The molecule has 0 bridgehead atoms. The average molecular weight is 448 g/mol. The second kappa shape index (κ2) is 8.34. The van der Waals surface area contributed by atoms with Crippen LogP contribution in [-0.4, -0.2) is 5.11 Å². The summed E-state index contributed by atoms with van der Waals surface area (Å²) >= 11 is 0. The van der Waals surface area contributed by atoms with Crippen molar-refractivity contribution >= 4 is 0 Å². The third-order valence-electron chi connectivity index (χ3n) is 6.45. The normalized spacial score (nSPS) is 21.8. The number of hydrogen-bond donors (Lipinski definition) is 1. The van der Waals surface area contributed by atoms with Crippen LogP contribution in [0.1, 0.15) is 74.3 Å². The van der Waals surface area contributed by atoms with E-state index >= 15 is 0 Å². The first-order chi connectivity index (χ1) is 15.1. The Morgan fingerprint density at radius 2 is 1.91 bits per heavy atom. The van der Waals surface area contributed by atoms with E-state index in [1.807, 2.05) is 19.9 Å². The molecular weight excluding hydrogens is 421 g/mol. The number of alkyl halides is 3. The predicted molar refractivity (Wildman–Crippen MR) is 113 cm³/mol. The third-order valence-corrected chi connectivity index (χ3v) is 6.45. The van der Waals surface area contributed by atoms with Crippen LogP contribution in [-0.2, 0) is 22.9 Å². The first-order valence-corrected chi connectivity index (χ1v) is 11.0. The largest absolute Gasteiger partial charge is 0.507 e.